The fraction of sp³-hybridized carbons (Fsp3) is 0.250. The Labute approximate surface area is 89.0 Å². The van der Waals surface area contributed by atoms with Crippen LogP contribution in [0.5, 0.6) is 0 Å². The van der Waals surface area contributed by atoms with Gasteiger partial charge in [-0.2, -0.15) is 0 Å². The van der Waals surface area contributed by atoms with Crippen LogP contribution in [0.4, 0.5) is 5.69 Å². The molecule has 0 radical (unpaired) electrons. The van der Waals surface area contributed by atoms with Crippen molar-refractivity contribution in [2.24, 2.45) is 0 Å². The van der Waals surface area contributed by atoms with Crippen LogP contribution in [0.1, 0.15) is 11.1 Å². The molecule has 3 nitrogen and oxygen atoms in total. The first-order valence-corrected chi connectivity index (χ1v) is 5.05. The molecule has 0 aliphatic rings. The van der Waals surface area contributed by atoms with Gasteiger partial charge in [-0.25, -0.2) is 0 Å². The Morgan fingerprint density at radius 2 is 2.23 bits per heavy atom. The summed E-state index contributed by atoms with van der Waals surface area (Å²) in [6.45, 7) is 1.64. The van der Waals surface area contributed by atoms with Crippen LogP contribution in [0.25, 0.3) is 0 Å². The lowest BCUT2D eigenvalue weighted by molar-refractivity contribution is -0.385. The van der Waals surface area contributed by atoms with E-state index in [4.69, 9.17) is 11.6 Å². The summed E-state index contributed by atoms with van der Waals surface area (Å²) in [6, 6.07) is 3.24. The van der Waals surface area contributed by atoms with Crippen LogP contribution >= 0.6 is 27.5 Å². The average molecular weight is 265 g/mol. The van der Waals surface area contributed by atoms with Gasteiger partial charge in [-0.3, -0.25) is 10.1 Å². The van der Waals surface area contributed by atoms with Gasteiger partial charge in [-0.15, -0.1) is 0 Å². The summed E-state index contributed by atoms with van der Waals surface area (Å²) in [5, 5.41) is 11.6. The van der Waals surface area contributed by atoms with Crippen molar-refractivity contribution in [1.82, 2.24) is 0 Å². The molecular weight excluding hydrogens is 257 g/mol. The van der Waals surface area contributed by atoms with E-state index in [1.165, 1.54) is 6.07 Å². The van der Waals surface area contributed by atoms with Gasteiger partial charge in [-0.1, -0.05) is 27.5 Å². The first-order chi connectivity index (χ1) is 6.06. The van der Waals surface area contributed by atoms with Gasteiger partial charge in [0, 0.05) is 17.0 Å². The molecule has 1 aromatic carbocycles. The van der Waals surface area contributed by atoms with Gasteiger partial charge in [0.2, 0.25) is 0 Å². The Balaban J connectivity index is 3.33. The molecule has 0 unspecified atom stereocenters. The molecule has 13 heavy (non-hydrogen) atoms. The lowest BCUT2D eigenvalue weighted by atomic mass is 10.1. The van der Waals surface area contributed by atoms with Gasteiger partial charge >= 0.3 is 0 Å². The third-order valence-electron chi connectivity index (χ3n) is 1.73. The summed E-state index contributed by atoms with van der Waals surface area (Å²) >= 11 is 9.03. The molecule has 0 N–H and O–H groups in total. The molecule has 0 aromatic heterocycles. The van der Waals surface area contributed by atoms with E-state index in [2.05, 4.69) is 15.9 Å². The summed E-state index contributed by atoms with van der Waals surface area (Å²) < 4.78 is 0. The summed E-state index contributed by atoms with van der Waals surface area (Å²) in [7, 11) is 0. The van der Waals surface area contributed by atoms with Crippen molar-refractivity contribution < 1.29 is 4.92 Å². The second kappa shape index (κ2) is 4.07. The Morgan fingerprint density at radius 1 is 1.62 bits per heavy atom. The highest BCUT2D eigenvalue weighted by Crippen LogP contribution is 2.28. The molecule has 0 fully saturated rings. The van der Waals surface area contributed by atoms with Crippen molar-refractivity contribution in [3.05, 3.63) is 38.4 Å². The molecule has 0 saturated heterocycles. The zero-order chi connectivity index (χ0) is 10.0. The molecule has 0 bridgehead atoms. The molecule has 0 atom stereocenters. The quantitative estimate of drug-likeness (QED) is 0.466. The van der Waals surface area contributed by atoms with Gasteiger partial charge in [0.15, 0.2) is 0 Å². The third-order valence-corrected chi connectivity index (χ3v) is 2.77. The van der Waals surface area contributed by atoms with Crippen molar-refractivity contribution in [3.8, 4) is 0 Å². The highest BCUT2D eigenvalue weighted by Gasteiger charge is 2.14. The number of benzene rings is 1. The standard InChI is InChI=1S/C8H7BrClNO2/c1-5-7(10)2-6(4-9)3-8(5)11(12)13/h2-3H,4H2,1H3. The Morgan fingerprint density at radius 3 is 2.69 bits per heavy atom. The molecule has 0 aliphatic carbocycles. The number of nitro groups is 1. The molecule has 1 aromatic rings. The van der Waals surface area contributed by atoms with E-state index < -0.39 is 4.92 Å². The fourth-order valence-electron chi connectivity index (χ4n) is 0.986. The zero-order valence-electron chi connectivity index (χ0n) is 6.88. The minimum atomic E-state index is -0.423. The minimum absolute atomic E-state index is 0.0713. The smallest absolute Gasteiger partial charge is 0.258 e. The first kappa shape index (κ1) is 10.5. The number of rotatable bonds is 2. The number of halogens is 2. The van der Waals surface area contributed by atoms with E-state index in [0.717, 1.165) is 5.56 Å². The van der Waals surface area contributed by atoms with Crippen molar-refractivity contribution in [1.29, 1.82) is 0 Å². The van der Waals surface area contributed by atoms with E-state index in [9.17, 15) is 10.1 Å². The predicted octanol–water partition coefficient (Wildman–Crippen LogP) is 3.45. The molecule has 0 heterocycles. The molecule has 70 valence electrons. The van der Waals surface area contributed by atoms with Gasteiger partial charge in [-0.05, 0) is 18.6 Å². The maximum Gasteiger partial charge on any atom is 0.274 e. The maximum absolute atomic E-state index is 10.6. The van der Waals surface area contributed by atoms with Crippen LogP contribution in [0.15, 0.2) is 12.1 Å². The topological polar surface area (TPSA) is 43.1 Å². The summed E-state index contributed by atoms with van der Waals surface area (Å²) in [4.78, 5) is 10.2. The normalized spacial score (nSPS) is 10.1. The van der Waals surface area contributed by atoms with Crippen LogP contribution in [0, 0.1) is 17.0 Å². The second-order valence-corrected chi connectivity index (χ2v) is 3.58. The number of nitro benzene ring substituents is 1. The van der Waals surface area contributed by atoms with Crippen LogP contribution < -0.4 is 0 Å². The third kappa shape index (κ3) is 2.19. The van der Waals surface area contributed by atoms with Crippen LogP contribution in [-0.4, -0.2) is 4.92 Å². The van der Waals surface area contributed by atoms with E-state index in [-0.39, 0.29) is 5.69 Å². The van der Waals surface area contributed by atoms with E-state index in [1.54, 1.807) is 13.0 Å². The van der Waals surface area contributed by atoms with E-state index in [0.29, 0.717) is 15.9 Å². The van der Waals surface area contributed by atoms with Crippen LogP contribution in [0.2, 0.25) is 5.02 Å². The predicted molar refractivity (Wildman–Crippen MR) is 55.5 cm³/mol. The van der Waals surface area contributed by atoms with E-state index >= 15 is 0 Å². The number of hydrogen-bond acceptors (Lipinski definition) is 2. The SMILES string of the molecule is Cc1c(Cl)cc(CBr)cc1[N+](=O)[O-]. The van der Waals surface area contributed by atoms with E-state index in [1.807, 2.05) is 0 Å². The molecule has 1 rings (SSSR count). The number of alkyl halides is 1. The van der Waals surface area contributed by atoms with Crippen molar-refractivity contribution in [3.63, 3.8) is 0 Å². The molecule has 5 heteroatoms. The Kier molecular flexibility index (Phi) is 3.27. The lowest BCUT2D eigenvalue weighted by Crippen LogP contribution is -1.93. The maximum atomic E-state index is 10.6. The van der Waals surface area contributed by atoms with Gasteiger partial charge in [0.1, 0.15) is 0 Å². The largest absolute Gasteiger partial charge is 0.274 e. The van der Waals surface area contributed by atoms with Crippen molar-refractivity contribution in [2.75, 3.05) is 0 Å². The van der Waals surface area contributed by atoms with Crippen LogP contribution in [0.3, 0.4) is 0 Å². The molecule has 0 aliphatic heterocycles. The Hall–Kier alpha value is -0.610. The molecular formula is C8H7BrClNO2. The first-order valence-electron chi connectivity index (χ1n) is 3.55. The van der Waals surface area contributed by atoms with Gasteiger partial charge in [0.25, 0.3) is 5.69 Å². The summed E-state index contributed by atoms with van der Waals surface area (Å²) in [6.07, 6.45) is 0. The van der Waals surface area contributed by atoms with Gasteiger partial charge < -0.3 is 0 Å². The molecule has 0 amide bonds. The average Bonchev–Trinajstić information content (AvgIpc) is 2.09. The molecule has 0 spiro atoms. The fourth-order valence-corrected chi connectivity index (χ4v) is 1.55. The van der Waals surface area contributed by atoms with Gasteiger partial charge in [0.05, 0.1) is 9.95 Å². The van der Waals surface area contributed by atoms with Crippen molar-refractivity contribution in [2.45, 2.75) is 12.3 Å². The molecule has 0 saturated carbocycles. The Bertz CT molecular complexity index is 354. The number of nitrogens with zero attached hydrogens (tertiary/aromatic N) is 1. The summed E-state index contributed by atoms with van der Waals surface area (Å²) in [5.74, 6) is 0. The zero-order valence-corrected chi connectivity index (χ0v) is 9.22. The highest BCUT2D eigenvalue weighted by molar-refractivity contribution is 9.08. The second-order valence-electron chi connectivity index (χ2n) is 2.61. The highest BCUT2D eigenvalue weighted by atomic mass is 79.9. The number of hydrogen-bond donors (Lipinski definition) is 0. The van der Waals surface area contributed by atoms with Crippen molar-refractivity contribution >= 4 is 33.2 Å². The van der Waals surface area contributed by atoms with Crippen LogP contribution in [-0.2, 0) is 5.33 Å². The lowest BCUT2D eigenvalue weighted by Gasteiger charge is -2.02. The minimum Gasteiger partial charge on any atom is -0.258 e. The summed E-state index contributed by atoms with van der Waals surface area (Å²) in [5.41, 5.74) is 1.39. The monoisotopic (exact) mass is 263 g/mol.